The second kappa shape index (κ2) is 10.2. The fraction of sp³-hybridized carbons (Fsp3) is 0.300. The van der Waals surface area contributed by atoms with E-state index in [1.165, 1.54) is 19.1 Å². The Hall–Kier alpha value is -2.86. The van der Waals surface area contributed by atoms with Gasteiger partial charge in [-0.15, -0.1) is 0 Å². The minimum Gasteiger partial charge on any atom is -0.445 e. The molecule has 138 valence electrons. The fourth-order valence-electron chi connectivity index (χ4n) is 2.37. The Balaban J connectivity index is 1.91. The molecule has 1 N–H and O–H groups in total. The zero-order valence-corrected chi connectivity index (χ0v) is 15.1. The lowest BCUT2D eigenvalue weighted by Gasteiger charge is -2.26. The first-order valence-corrected chi connectivity index (χ1v) is 8.36. The van der Waals surface area contributed by atoms with Crippen LogP contribution in [-0.2, 0) is 27.4 Å². The number of nitrogens with one attached hydrogen (secondary N) is 1. The van der Waals surface area contributed by atoms with E-state index in [9.17, 15) is 9.59 Å². The summed E-state index contributed by atoms with van der Waals surface area (Å²) >= 11 is 0. The summed E-state index contributed by atoms with van der Waals surface area (Å²) in [7, 11) is 3.01. The number of hydrogen-bond acceptors (Lipinski definition) is 4. The molecule has 0 saturated heterocycles. The lowest BCUT2D eigenvalue weighted by atomic mass is 10.2. The summed E-state index contributed by atoms with van der Waals surface area (Å²) in [5.41, 5.74) is 1.86. The lowest BCUT2D eigenvalue weighted by Crippen LogP contribution is -2.50. The average Bonchev–Trinajstić information content (AvgIpc) is 2.69. The number of ether oxygens (including phenoxy) is 2. The van der Waals surface area contributed by atoms with Gasteiger partial charge in [0.05, 0.1) is 6.61 Å². The zero-order chi connectivity index (χ0) is 18.8. The highest BCUT2D eigenvalue weighted by Gasteiger charge is 2.27. The van der Waals surface area contributed by atoms with Crippen molar-refractivity contribution in [2.45, 2.75) is 19.2 Å². The number of carbonyl (C=O) groups is 2. The second-order valence-corrected chi connectivity index (χ2v) is 5.83. The van der Waals surface area contributed by atoms with Gasteiger partial charge in [-0.25, -0.2) is 4.79 Å². The van der Waals surface area contributed by atoms with Crippen molar-refractivity contribution in [3.8, 4) is 0 Å². The van der Waals surface area contributed by atoms with Gasteiger partial charge in [-0.2, -0.15) is 0 Å². The van der Waals surface area contributed by atoms with Crippen molar-refractivity contribution < 1.29 is 19.1 Å². The van der Waals surface area contributed by atoms with Crippen molar-refractivity contribution in [1.29, 1.82) is 0 Å². The molecule has 0 fully saturated rings. The Bertz CT molecular complexity index is 691. The highest BCUT2D eigenvalue weighted by molar-refractivity contribution is 5.85. The first kappa shape index (κ1) is 19.5. The number of benzene rings is 2. The number of amides is 2. The molecule has 0 bridgehead atoms. The van der Waals surface area contributed by atoms with Crippen LogP contribution in [-0.4, -0.2) is 43.7 Å². The lowest BCUT2D eigenvalue weighted by molar-refractivity contribution is -0.127. The van der Waals surface area contributed by atoms with E-state index in [4.69, 9.17) is 9.47 Å². The summed E-state index contributed by atoms with van der Waals surface area (Å²) < 4.78 is 10.4. The maximum absolute atomic E-state index is 12.5. The SMILES string of the molecule is COC[C@H](C(=O)NCc1ccccc1)N(C)C(=O)OCc1ccccc1. The highest BCUT2D eigenvalue weighted by atomic mass is 16.6. The molecule has 2 rings (SSSR count). The molecule has 0 spiro atoms. The van der Waals surface area contributed by atoms with E-state index >= 15 is 0 Å². The number of hydrogen-bond donors (Lipinski definition) is 1. The summed E-state index contributed by atoms with van der Waals surface area (Å²) in [5.74, 6) is -0.296. The van der Waals surface area contributed by atoms with Gasteiger partial charge < -0.3 is 14.8 Å². The van der Waals surface area contributed by atoms with Crippen LogP contribution in [0.3, 0.4) is 0 Å². The van der Waals surface area contributed by atoms with E-state index < -0.39 is 12.1 Å². The van der Waals surface area contributed by atoms with Gasteiger partial charge in [-0.05, 0) is 11.1 Å². The van der Waals surface area contributed by atoms with Crippen LogP contribution in [0.1, 0.15) is 11.1 Å². The van der Waals surface area contributed by atoms with Crippen LogP contribution in [0.25, 0.3) is 0 Å². The average molecular weight is 356 g/mol. The summed E-state index contributed by atoms with van der Waals surface area (Å²) in [5, 5.41) is 2.83. The Kier molecular flexibility index (Phi) is 7.64. The van der Waals surface area contributed by atoms with Crippen molar-refractivity contribution in [1.82, 2.24) is 10.2 Å². The van der Waals surface area contributed by atoms with E-state index in [1.54, 1.807) is 0 Å². The van der Waals surface area contributed by atoms with Crippen LogP contribution in [0.15, 0.2) is 60.7 Å². The van der Waals surface area contributed by atoms with Gasteiger partial charge in [0.1, 0.15) is 12.6 Å². The summed E-state index contributed by atoms with van der Waals surface area (Å²) in [4.78, 5) is 26.0. The summed E-state index contributed by atoms with van der Waals surface area (Å²) in [6.45, 7) is 0.611. The minimum atomic E-state index is -0.771. The second-order valence-electron chi connectivity index (χ2n) is 5.83. The van der Waals surface area contributed by atoms with Crippen LogP contribution < -0.4 is 5.32 Å². The van der Waals surface area contributed by atoms with Gasteiger partial charge in [0.25, 0.3) is 0 Å². The minimum absolute atomic E-state index is 0.0809. The Labute approximate surface area is 153 Å². The van der Waals surface area contributed by atoms with Crippen molar-refractivity contribution in [2.75, 3.05) is 20.8 Å². The molecule has 2 aromatic rings. The Morgan fingerprint density at radius 3 is 2.15 bits per heavy atom. The maximum atomic E-state index is 12.5. The molecular weight excluding hydrogens is 332 g/mol. The third kappa shape index (κ3) is 5.89. The van der Waals surface area contributed by atoms with E-state index in [0.29, 0.717) is 6.54 Å². The molecule has 0 aliphatic carbocycles. The number of nitrogens with zero attached hydrogens (tertiary/aromatic N) is 1. The van der Waals surface area contributed by atoms with Crippen molar-refractivity contribution in [3.05, 3.63) is 71.8 Å². The maximum Gasteiger partial charge on any atom is 0.410 e. The van der Waals surface area contributed by atoms with Gasteiger partial charge in [0.15, 0.2) is 0 Å². The molecule has 0 saturated carbocycles. The van der Waals surface area contributed by atoms with Gasteiger partial charge in [-0.1, -0.05) is 60.7 Å². The molecule has 6 nitrogen and oxygen atoms in total. The largest absolute Gasteiger partial charge is 0.445 e. The number of likely N-dealkylation sites (N-methyl/N-ethyl adjacent to an activating group) is 1. The predicted molar refractivity (Wildman–Crippen MR) is 98.3 cm³/mol. The molecule has 0 radical (unpaired) electrons. The third-order valence-corrected chi connectivity index (χ3v) is 3.90. The zero-order valence-electron chi connectivity index (χ0n) is 15.1. The molecule has 6 heteroatoms. The van der Waals surface area contributed by atoms with Crippen LogP contribution in [0, 0.1) is 0 Å². The van der Waals surface area contributed by atoms with Crippen LogP contribution >= 0.6 is 0 Å². The van der Waals surface area contributed by atoms with Crippen molar-refractivity contribution >= 4 is 12.0 Å². The van der Waals surface area contributed by atoms with E-state index in [-0.39, 0.29) is 19.1 Å². The fourth-order valence-corrected chi connectivity index (χ4v) is 2.37. The first-order valence-electron chi connectivity index (χ1n) is 8.36. The van der Waals surface area contributed by atoms with Crippen LogP contribution in [0.2, 0.25) is 0 Å². The molecule has 2 amide bonds. The molecule has 2 aromatic carbocycles. The van der Waals surface area contributed by atoms with Gasteiger partial charge in [-0.3, -0.25) is 9.69 Å². The van der Waals surface area contributed by atoms with Gasteiger partial charge >= 0.3 is 6.09 Å². The standard InChI is InChI=1S/C20H24N2O4/c1-22(20(24)26-14-17-11-7-4-8-12-17)18(15-25-2)19(23)21-13-16-9-5-3-6-10-16/h3-12,18H,13-15H2,1-2H3,(H,21,23)/t18-/m1/s1. The quantitative estimate of drug-likeness (QED) is 0.789. The Morgan fingerprint density at radius 1 is 1.00 bits per heavy atom. The molecule has 0 heterocycles. The highest BCUT2D eigenvalue weighted by Crippen LogP contribution is 2.06. The molecule has 0 aromatic heterocycles. The van der Waals surface area contributed by atoms with Crippen molar-refractivity contribution in [2.24, 2.45) is 0 Å². The molecule has 0 unspecified atom stereocenters. The van der Waals surface area contributed by atoms with Crippen molar-refractivity contribution in [3.63, 3.8) is 0 Å². The molecule has 0 aliphatic rings. The van der Waals surface area contributed by atoms with Crippen LogP contribution in [0.4, 0.5) is 4.79 Å². The first-order chi connectivity index (χ1) is 12.6. The number of rotatable bonds is 8. The van der Waals surface area contributed by atoms with Crippen LogP contribution in [0.5, 0.6) is 0 Å². The molecule has 1 atom stereocenters. The topological polar surface area (TPSA) is 67.9 Å². The number of methoxy groups -OCH3 is 1. The Morgan fingerprint density at radius 2 is 1.58 bits per heavy atom. The molecule has 26 heavy (non-hydrogen) atoms. The van der Waals surface area contributed by atoms with E-state index in [2.05, 4.69) is 5.32 Å². The van der Waals surface area contributed by atoms with E-state index in [0.717, 1.165) is 11.1 Å². The summed E-state index contributed by atoms with van der Waals surface area (Å²) in [6.07, 6.45) is -0.578. The molecular formula is C20H24N2O4. The predicted octanol–water partition coefficient (Wildman–Crippen LogP) is 2.59. The summed E-state index contributed by atoms with van der Waals surface area (Å²) in [6, 6.07) is 18.2. The number of carbonyl (C=O) groups excluding carboxylic acids is 2. The molecule has 0 aliphatic heterocycles. The monoisotopic (exact) mass is 356 g/mol. The smallest absolute Gasteiger partial charge is 0.410 e. The van der Waals surface area contributed by atoms with Gasteiger partial charge in [0, 0.05) is 20.7 Å². The normalized spacial score (nSPS) is 11.5. The van der Waals surface area contributed by atoms with Gasteiger partial charge in [0.2, 0.25) is 5.91 Å². The van der Waals surface area contributed by atoms with E-state index in [1.807, 2.05) is 60.7 Å². The third-order valence-electron chi connectivity index (χ3n) is 3.90.